The van der Waals surface area contributed by atoms with E-state index in [4.69, 9.17) is 11.6 Å². The summed E-state index contributed by atoms with van der Waals surface area (Å²) >= 11 is 6.26. The molecule has 0 saturated heterocycles. The Balaban J connectivity index is 1.73. The highest BCUT2D eigenvalue weighted by molar-refractivity contribution is 7.89. The molecule has 3 N–H and O–H groups in total. The molecule has 0 saturated carbocycles. The van der Waals surface area contributed by atoms with Gasteiger partial charge in [0.25, 0.3) is 0 Å². The van der Waals surface area contributed by atoms with Gasteiger partial charge < -0.3 is 10.3 Å². The van der Waals surface area contributed by atoms with Gasteiger partial charge >= 0.3 is 0 Å². The highest BCUT2D eigenvalue weighted by atomic mass is 35.5. The van der Waals surface area contributed by atoms with Crippen LogP contribution in [0, 0.1) is 5.41 Å². The molecule has 0 amide bonds. The van der Waals surface area contributed by atoms with Crippen molar-refractivity contribution >= 4 is 38.5 Å². The number of hydrogen-bond donors (Lipinski definition) is 3. The lowest BCUT2D eigenvalue weighted by Gasteiger charge is -2.25. The number of pyridine rings is 2. The molecule has 7 nitrogen and oxygen atoms in total. The Morgan fingerprint density at radius 3 is 2.79 bits per heavy atom. The molecule has 29 heavy (non-hydrogen) atoms. The van der Waals surface area contributed by atoms with Gasteiger partial charge in [0.05, 0.1) is 5.75 Å². The quantitative estimate of drug-likeness (QED) is 0.440. The first-order valence-corrected chi connectivity index (χ1v) is 11.5. The molecule has 156 valence electrons. The minimum Gasteiger partial charge on any atom is -0.369 e. The van der Waals surface area contributed by atoms with Crippen molar-refractivity contribution in [3.8, 4) is 11.1 Å². The van der Waals surface area contributed by atoms with Crippen molar-refractivity contribution in [3.63, 3.8) is 0 Å². The van der Waals surface area contributed by atoms with Gasteiger partial charge in [-0.05, 0) is 41.7 Å². The van der Waals surface area contributed by atoms with Crippen molar-refractivity contribution < 1.29 is 8.42 Å². The molecule has 0 aliphatic heterocycles. The molecule has 0 aliphatic rings. The SMILES string of the molecule is CCCS(=O)(=O)NCC(C)(C)CNc1cc(-c2c[nH]c3ncccc23)cc(Cl)n1. The number of sulfonamides is 1. The molecular weight excluding hydrogens is 410 g/mol. The molecule has 0 radical (unpaired) electrons. The second kappa shape index (κ2) is 8.69. The fourth-order valence-electron chi connectivity index (χ4n) is 2.98. The van der Waals surface area contributed by atoms with Gasteiger partial charge in [0, 0.05) is 36.4 Å². The van der Waals surface area contributed by atoms with Crippen molar-refractivity contribution in [3.05, 3.63) is 41.8 Å². The Hall–Kier alpha value is -2.16. The van der Waals surface area contributed by atoms with E-state index in [2.05, 4.69) is 25.0 Å². The minimum atomic E-state index is -3.24. The van der Waals surface area contributed by atoms with Gasteiger partial charge in [-0.25, -0.2) is 23.1 Å². The lowest BCUT2D eigenvalue weighted by Crippen LogP contribution is -2.39. The zero-order valence-corrected chi connectivity index (χ0v) is 18.4. The van der Waals surface area contributed by atoms with E-state index < -0.39 is 10.0 Å². The third-order valence-electron chi connectivity index (χ3n) is 4.55. The monoisotopic (exact) mass is 435 g/mol. The van der Waals surface area contributed by atoms with Gasteiger partial charge in [-0.2, -0.15) is 0 Å². The maximum atomic E-state index is 11.9. The average molecular weight is 436 g/mol. The zero-order valence-electron chi connectivity index (χ0n) is 16.8. The van der Waals surface area contributed by atoms with Crippen LogP contribution in [0.5, 0.6) is 0 Å². The number of H-pyrrole nitrogens is 1. The van der Waals surface area contributed by atoms with Crippen LogP contribution >= 0.6 is 11.6 Å². The standard InChI is InChI=1S/C20H26ClN5O2S/c1-4-8-29(27,28)25-13-20(2,3)12-24-18-10-14(9-17(21)26-18)16-11-23-19-15(16)6-5-7-22-19/h5-7,9-11,25H,4,8,12-13H2,1-3H3,(H,22,23)(H,24,26). The van der Waals surface area contributed by atoms with Crippen LogP contribution in [0.1, 0.15) is 27.2 Å². The van der Waals surface area contributed by atoms with Gasteiger partial charge in [-0.3, -0.25) is 0 Å². The first-order valence-electron chi connectivity index (χ1n) is 9.50. The number of halogens is 1. The molecule has 0 aliphatic carbocycles. The van der Waals surface area contributed by atoms with Crippen molar-refractivity contribution in [2.75, 3.05) is 24.2 Å². The van der Waals surface area contributed by atoms with Gasteiger partial charge in [0.1, 0.15) is 16.6 Å². The van der Waals surface area contributed by atoms with E-state index in [0.717, 1.165) is 22.2 Å². The average Bonchev–Trinajstić information content (AvgIpc) is 3.09. The highest BCUT2D eigenvalue weighted by Crippen LogP contribution is 2.30. The summed E-state index contributed by atoms with van der Waals surface area (Å²) < 4.78 is 26.5. The van der Waals surface area contributed by atoms with E-state index in [1.54, 1.807) is 6.20 Å². The largest absolute Gasteiger partial charge is 0.369 e. The van der Waals surface area contributed by atoms with Crippen molar-refractivity contribution in [2.24, 2.45) is 5.41 Å². The van der Waals surface area contributed by atoms with Gasteiger partial charge in [0.2, 0.25) is 10.0 Å². The first-order chi connectivity index (χ1) is 13.7. The summed E-state index contributed by atoms with van der Waals surface area (Å²) in [5.74, 6) is 0.769. The van der Waals surface area contributed by atoms with Crippen LogP contribution in [0.15, 0.2) is 36.7 Å². The number of nitrogens with zero attached hydrogens (tertiary/aromatic N) is 2. The fraction of sp³-hybridized carbons (Fsp3) is 0.400. The van der Waals surface area contributed by atoms with Crippen molar-refractivity contribution in [1.29, 1.82) is 0 Å². The van der Waals surface area contributed by atoms with Crippen LogP contribution in [0.2, 0.25) is 5.15 Å². The van der Waals surface area contributed by atoms with Gasteiger partial charge in [-0.15, -0.1) is 0 Å². The lowest BCUT2D eigenvalue weighted by atomic mass is 9.94. The number of nitrogens with one attached hydrogen (secondary N) is 3. The summed E-state index contributed by atoms with van der Waals surface area (Å²) in [7, 11) is -3.24. The molecule has 3 rings (SSSR count). The molecular formula is C20H26ClN5O2S. The van der Waals surface area contributed by atoms with E-state index in [1.807, 2.05) is 51.2 Å². The van der Waals surface area contributed by atoms with E-state index in [9.17, 15) is 8.42 Å². The van der Waals surface area contributed by atoms with E-state index in [0.29, 0.717) is 30.5 Å². The summed E-state index contributed by atoms with van der Waals surface area (Å²) in [5.41, 5.74) is 2.42. The molecule has 0 atom stereocenters. The summed E-state index contributed by atoms with van der Waals surface area (Å²) in [6.07, 6.45) is 4.23. The van der Waals surface area contributed by atoms with Gasteiger partial charge in [0.15, 0.2) is 0 Å². The molecule has 0 fully saturated rings. The third kappa shape index (κ3) is 5.68. The summed E-state index contributed by atoms with van der Waals surface area (Å²) in [6.45, 7) is 6.70. The zero-order chi connectivity index (χ0) is 21.1. The first kappa shape index (κ1) is 21.5. The maximum absolute atomic E-state index is 11.9. The number of aromatic nitrogens is 3. The lowest BCUT2D eigenvalue weighted by molar-refractivity contribution is 0.387. The molecule has 0 bridgehead atoms. The van der Waals surface area contributed by atoms with Crippen LogP contribution < -0.4 is 10.0 Å². The second-order valence-corrected chi connectivity index (χ2v) is 10.1. The van der Waals surface area contributed by atoms with Crippen LogP contribution in [0.4, 0.5) is 5.82 Å². The number of rotatable bonds is 9. The van der Waals surface area contributed by atoms with Crippen molar-refractivity contribution in [2.45, 2.75) is 27.2 Å². The maximum Gasteiger partial charge on any atom is 0.211 e. The van der Waals surface area contributed by atoms with Crippen LogP contribution in [0.25, 0.3) is 22.2 Å². The van der Waals surface area contributed by atoms with Crippen molar-refractivity contribution in [1.82, 2.24) is 19.7 Å². The molecule has 0 unspecified atom stereocenters. The van der Waals surface area contributed by atoms with Crippen LogP contribution in [-0.4, -0.2) is 42.2 Å². The molecule has 3 heterocycles. The summed E-state index contributed by atoms with van der Waals surface area (Å²) in [6, 6.07) is 7.63. The van der Waals surface area contributed by atoms with E-state index in [1.165, 1.54) is 0 Å². The molecule has 0 aromatic carbocycles. The smallest absolute Gasteiger partial charge is 0.211 e. The number of anilines is 1. The third-order valence-corrected chi connectivity index (χ3v) is 6.27. The Morgan fingerprint density at radius 2 is 2.03 bits per heavy atom. The Labute approximate surface area is 176 Å². The Bertz CT molecular complexity index is 1100. The fourth-order valence-corrected chi connectivity index (χ4v) is 4.48. The number of fused-ring (bicyclic) bond motifs is 1. The minimum absolute atomic E-state index is 0.134. The molecule has 3 aromatic rings. The Kier molecular flexibility index (Phi) is 6.45. The second-order valence-electron chi connectivity index (χ2n) is 7.82. The predicted octanol–water partition coefficient (Wildman–Crippen LogP) is 4.05. The number of aromatic amines is 1. The van der Waals surface area contributed by atoms with E-state index in [-0.39, 0.29) is 11.2 Å². The number of hydrogen-bond acceptors (Lipinski definition) is 5. The van der Waals surface area contributed by atoms with Crippen LogP contribution in [0.3, 0.4) is 0 Å². The predicted molar refractivity (Wildman–Crippen MR) is 119 cm³/mol. The molecule has 3 aromatic heterocycles. The molecule has 0 spiro atoms. The molecule has 9 heteroatoms. The summed E-state index contributed by atoms with van der Waals surface area (Å²) in [4.78, 5) is 11.8. The van der Waals surface area contributed by atoms with E-state index >= 15 is 0 Å². The van der Waals surface area contributed by atoms with Crippen LogP contribution in [-0.2, 0) is 10.0 Å². The normalized spacial score (nSPS) is 12.4. The van der Waals surface area contributed by atoms with Gasteiger partial charge in [-0.1, -0.05) is 32.4 Å². The summed E-state index contributed by atoms with van der Waals surface area (Å²) in [5, 5.41) is 4.67. The highest BCUT2D eigenvalue weighted by Gasteiger charge is 2.21. The Morgan fingerprint density at radius 1 is 1.24 bits per heavy atom. The topological polar surface area (TPSA) is 99.8 Å².